The fourth-order valence-electron chi connectivity index (χ4n) is 0.213. The molecule has 0 aromatic rings. The molecular formula is C6H9NO2. The van der Waals surface area contributed by atoms with Crippen LogP contribution in [0.25, 0.3) is 0 Å². The molecule has 0 rings (SSSR count). The van der Waals surface area contributed by atoms with Gasteiger partial charge in [-0.1, -0.05) is 12.7 Å². The van der Waals surface area contributed by atoms with Gasteiger partial charge in [0.25, 0.3) is 0 Å². The van der Waals surface area contributed by atoms with Gasteiger partial charge in [-0.25, -0.2) is 4.79 Å². The Morgan fingerprint density at radius 3 is 2.78 bits per heavy atom. The van der Waals surface area contributed by atoms with E-state index >= 15 is 0 Å². The lowest BCUT2D eigenvalue weighted by molar-refractivity contribution is -0.144. The second-order valence-electron chi connectivity index (χ2n) is 1.26. The average molecular weight is 127 g/mol. The summed E-state index contributed by atoms with van der Waals surface area (Å²) in [5.74, 6) is -0.489. The van der Waals surface area contributed by atoms with E-state index in [1.165, 1.54) is 0 Å². The molecule has 3 heteroatoms. The molecule has 0 atom stereocenters. The molecule has 9 heavy (non-hydrogen) atoms. The maximum Gasteiger partial charge on any atom is 0.348 e. The zero-order valence-electron chi connectivity index (χ0n) is 5.09. The van der Waals surface area contributed by atoms with Crippen LogP contribution < -0.4 is 5.48 Å². The average Bonchev–Trinajstić information content (AvgIpc) is 1.89. The summed E-state index contributed by atoms with van der Waals surface area (Å²) in [6.45, 7) is 7.05. The van der Waals surface area contributed by atoms with Gasteiger partial charge in [0, 0.05) is 12.6 Å². The summed E-state index contributed by atoms with van der Waals surface area (Å²) in [5.41, 5.74) is 2.35. The maximum atomic E-state index is 10.2. The van der Waals surface area contributed by atoms with Crippen LogP contribution in [0.15, 0.2) is 25.3 Å². The summed E-state index contributed by atoms with van der Waals surface area (Å²) >= 11 is 0. The van der Waals surface area contributed by atoms with Crippen molar-refractivity contribution in [3.63, 3.8) is 0 Å². The Bertz CT molecular complexity index is 120. The third-order valence-corrected chi connectivity index (χ3v) is 0.567. The first-order valence-corrected chi connectivity index (χ1v) is 2.48. The molecule has 0 aliphatic heterocycles. The lowest BCUT2D eigenvalue weighted by Gasteiger charge is -1.97. The minimum Gasteiger partial charge on any atom is -0.367 e. The van der Waals surface area contributed by atoms with E-state index in [1.54, 1.807) is 6.08 Å². The van der Waals surface area contributed by atoms with E-state index in [2.05, 4.69) is 23.5 Å². The van der Waals surface area contributed by atoms with Crippen molar-refractivity contribution in [3.05, 3.63) is 25.3 Å². The Morgan fingerprint density at radius 2 is 2.33 bits per heavy atom. The van der Waals surface area contributed by atoms with E-state index in [-0.39, 0.29) is 0 Å². The van der Waals surface area contributed by atoms with Crippen LogP contribution in [-0.4, -0.2) is 12.5 Å². The number of carbonyl (C=O) groups is 1. The van der Waals surface area contributed by atoms with Gasteiger partial charge in [0.05, 0.1) is 0 Å². The van der Waals surface area contributed by atoms with Crippen molar-refractivity contribution in [2.24, 2.45) is 0 Å². The number of rotatable bonds is 4. The van der Waals surface area contributed by atoms with Crippen molar-refractivity contribution in [1.29, 1.82) is 0 Å². The predicted molar refractivity (Wildman–Crippen MR) is 34.5 cm³/mol. The van der Waals surface area contributed by atoms with E-state index in [0.29, 0.717) is 6.54 Å². The molecule has 0 saturated carbocycles. The van der Waals surface area contributed by atoms with Gasteiger partial charge in [0.15, 0.2) is 0 Å². The van der Waals surface area contributed by atoms with E-state index in [0.717, 1.165) is 6.08 Å². The van der Waals surface area contributed by atoms with Crippen LogP contribution in [0.2, 0.25) is 0 Å². The van der Waals surface area contributed by atoms with E-state index in [4.69, 9.17) is 0 Å². The maximum absolute atomic E-state index is 10.2. The van der Waals surface area contributed by atoms with Gasteiger partial charge in [-0.15, -0.1) is 12.1 Å². The van der Waals surface area contributed by atoms with Crippen LogP contribution in [0.1, 0.15) is 0 Å². The van der Waals surface area contributed by atoms with Gasteiger partial charge >= 0.3 is 5.97 Å². The summed E-state index contributed by atoms with van der Waals surface area (Å²) < 4.78 is 0. The van der Waals surface area contributed by atoms with Crippen molar-refractivity contribution in [1.82, 2.24) is 5.48 Å². The molecular weight excluding hydrogens is 118 g/mol. The van der Waals surface area contributed by atoms with Crippen molar-refractivity contribution in [2.45, 2.75) is 0 Å². The lowest BCUT2D eigenvalue weighted by atomic mass is 10.6. The SMILES string of the molecule is C=CCNOC(=O)C=C. The molecule has 0 saturated heterocycles. The lowest BCUT2D eigenvalue weighted by Crippen LogP contribution is -2.17. The normalized spacial score (nSPS) is 8.00. The van der Waals surface area contributed by atoms with Crippen LogP contribution in [0, 0.1) is 0 Å². The third kappa shape index (κ3) is 4.77. The first-order valence-electron chi connectivity index (χ1n) is 2.48. The second-order valence-corrected chi connectivity index (χ2v) is 1.26. The van der Waals surface area contributed by atoms with Crippen molar-refractivity contribution in [2.75, 3.05) is 6.54 Å². The molecule has 3 nitrogen and oxygen atoms in total. The smallest absolute Gasteiger partial charge is 0.348 e. The summed E-state index contributed by atoms with van der Waals surface area (Å²) in [6.07, 6.45) is 2.66. The van der Waals surface area contributed by atoms with E-state index in [1.807, 2.05) is 0 Å². The highest BCUT2D eigenvalue weighted by atomic mass is 16.7. The third-order valence-electron chi connectivity index (χ3n) is 0.567. The second kappa shape index (κ2) is 5.05. The summed E-state index contributed by atoms with van der Waals surface area (Å²) in [7, 11) is 0. The van der Waals surface area contributed by atoms with Crippen molar-refractivity contribution in [3.8, 4) is 0 Å². The summed E-state index contributed by atoms with van der Waals surface area (Å²) in [5, 5.41) is 0. The van der Waals surface area contributed by atoms with Gasteiger partial charge < -0.3 is 4.84 Å². The Labute approximate surface area is 54.0 Å². The number of nitrogens with one attached hydrogen (secondary N) is 1. The molecule has 0 aliphatic rings. The zero-order chi connectivity index (χ0) is 7.11. The predicted octanol–water partition coefficient (Wildman–Crippen LogP) is 0.406. The van der Waals surface area contributed by atoms with Crippen LogP contribution in [0.3, 0.4) is 0 Å². The Balaban J connectivity index is 3.16. The highest BCUT2D eigenvalue weighted by molar-refractivity contribution is 5.80. The van der Waals surface area contributed by atoms with E-state index in [9.17, 15) is 4.79 Å². The summed E-state index contributed by atoms with van der Waals surface area (Å²) in [4.78, 5) is 14.6. The Morgan fingerprint density at radius 1 is 1.67 bits per heavy atom. The number of carbonyl (C=O) groups excluding carboxylic acids is 1. The van der Waals surface area contributed by atoms with Gasteiger partial charge in [-0.05, 0) is 0 Å². The standard InChI is InChI=1S/C6H9NO2/c1-3-5-7-9-6(8)4-2/h3-4,7H,1-2,5H2. The van der Waals surface area contributed by atoms with E-state index < -0.39 is 5.97 Å². The highest BCUT2D eigenvalue weighted by Gasteiger charge is 1.89. The molecule has 0 heterocycles. The van der Waals surface area contributed by atoms with Crippen LogP contribution in [-0.2, 0) is 9.63 Å². The van der Waals surface area contributed by atoms with Crippen molar-refractivity contribution < 1.29 is 9.63 Å². The van der Waals surface area contributed by atoms with Gasteiger partial charge in [0.1, 0.15) is 0 Å². The Hall–Kier alpha value is -1.09. The molecule has 0 amide bonds. The number of hydrogen-bond donors (Lipinski definition) is 1. The van der Waals surface area contributed by atoms with Crippen LogP contribution >= 0.6 is 0 Å². The zero-order valence-corrected chi connectivity index (χ0v) is 5.09. The first-order chi connectivity index (χ1) is 4.31. The molecule has 0 aromatic carbocycles. The molecule has 50 valence electrons. The quantitative estimate of drug-likeness (QED) is 0.257. The monoisotopic (exact) mass is 127 g/mol. The largest absolute Gasteiger partial charge is 0.367 e. The number of hydroxylamine groups is 1. The van der Waals surface area contributed by atoms with Gasteiger partial charge in [0.2, 0.25) is 0 Å². The van der Waals surface area contributed by atoms with Crippen molar-refractivity contribution >= 4 is 5.97 Å². The fourth-order valence-corrected chi connectivity index (χ4v) is 0.213. The molecule has 1 N–H and O–H groups in total. The topological polar surface area (TPSA) is 38.3 Å². The minimum atomic E-state index is -0.489. The Kier molecular flexibility index (Phi) is 4.44. The fraction of sp³-hybridized carbons (Fsp3) is 0.167. The molecule has 0 fully saturated rings. The minimum absolute atomic E-state index is 0.444. The molecule has 0 aliphatic carbocycles. The van der Waals surface area contributed by atoms with Gasteiger partial charge in [-0.3, -0.25) is 0 Å². The first kappa shape index (κ1) is 7.91. The molecule has 0 radical (unpaired) electrons. The molecule has 0 aromatic heterocycles. The number of hydrogen-bond acceptors (Lipinski definition) is 3. The highest BCUT2D eigenvalue weighted by Crippen LogP contribution is 1.71. The molecule has 0 unspecified atom stereocenters. The summed E-state index contributed by atoms with van der Waals surface area (Å²) in [6, 6.07) is 0. The van der Waals surface area contributed by atoms with Crippen LogP contribution in [0.5, 0.6) is 0 Å². The van der Waals surface area contributed by atoms with Gasteiger partial charge in [-0.2, -0.15) is 0 Å². The molecule has 0 bridgehead atoms. The molecule has 0 spiro atoms. The van der Waals surface area contributed by atoms with Crippen LogP contribution in [0.4, 0.5) is 0 Å².